The van der Waals surface area contributed by atoms with E-state index in [0.29, 0.717) is 17.3 Å². The molecule has 6 nitrogen and oxygen atoms in total. The number of hydrogen-bond donors (Lipinski definition) is 1. The summed E-state index contributed by atoms with van der Waals surface area (Å²) in [7, 11) is 0. The smallest absolute Gasteiger partial charge is 0.267 e. The number of aromatic nitrogens is 2. The van der Waals surface area contributed by atoms with Crippen molar-refractivity contribution in [1.29, 1.82) is 5.26 Å². The largest absolute Gasteiger partial charge is 0.457 e. The number of hydrogen-bond acceptors (Lipinski definition) is 4. The van der Waals surface area contributed by atoms with E-state index in [4.69, 9.17) is 4.42 Å². The first-order valence-electron chi connectivity index (χ1n) is 9.75. The average molecular weight is 408 g/mol. The van der Waals surface area contributed by atoms with E-state index in [1.54, 1.807) is 16.8 Å². The minimum absolute atomic E-state index is 0.0664. The zero-order valence-electron chi connectivity index (χ0n) is 17.2. The molecule has 4 aromatic rings. The van der Waals surface area contributed by atoms with Crippen LogP contribution in [0, 0.1) is 25.2 Å². The predicted molar refractivity (Wildman–Crippen MR) is 119 cm³/mol. The molecule has 2 aromatic heterocycles. The summed E-state index contributed by atoms with van der Waals surface area (Å²) in [6, 6.07) is 24.6. The molecule has 2 heterocycles. The van der Waals surface area contributed by atoms with Crippen molar-refractivity contribution in [3.05, 3.63) is 95.4 Å². The van der Waals surface area contributed by atoms with E-state index in [1.165, 1.54) is 6.08 Å². The van der Waals surface area contributed by atoms with Gasteiger partial charge in [0.2, 0.25) is 0 Å². The predicted octanol–water partition coefficient (Wildman–Crippen LogP) is 5.29. The Morgan fingerprint density at radius 3 is 2.52 bits per heavy atom. The van der Waals surface area contributed by atoms with Gasteiger partial charge >= 0.3 is 0 Å². The molecule has 2 aromatic carbocycles. The van der Waals surface area contributed by atoms with E-state index in [0.717, 1.165) is 22.5 Å². The number of nitrogens with one attached hydrogen (secondary N) is 1. The lowest BCUT2D eigenvalue weighted by atomic mass is 10.1. The highest BCUT2D eigenvalue weighted by atomic mass is 16.3. The van der Waals surface area contributed by atoms with Crippen LogP contribution < -0.4 is 5.32 Å². The van der Waals surface area contributed by atoms with Gasteiger partial charge in [0.1, 0.15) is 29.0 Å². The Morgan fingerprint density at radius 2 is 1.81 bits per heavy atom. The third-order valence-electron chi connectivity index (χ3n) is 4.69. The van der Waals surface area contributed by atoms with Gasteiger partial charge in [-0.25, -0.2) is 4.68 Å². The van der Waals surface area contributed by atoms with Gasteiger partial charge in [0.15, 0.2) is 0 Å². The second-order valence-corrected chi connectivity index (χ2v) is 7.11. The first-order chi connectivity index (χ1) is 15.0. The molecule has 0 aliphatic heterocycles. The molecule has 0 spiro atoms. The van der Waals surface area contributed by atoms with E-state index in [1.807, 2.05) is 80.6 Å². The maximum atomic E-state index is 12.8. The number of benzene rings is 2. The van der Waals surface area contributed by atoms with Crippen molar-refractivity contribution in [3.63, 3.8) is 0 Å². The molecular weight excluding hydrogens is 388 g/mol. The Balaban J connectivity index is 1.57. The van der Waals surface area contributed by atoms with Crippen LogP contribution in [0.15, 0.2) is 82.8 Å². The van der Waals surface area contributed by atoms with Gasteiger partial charge in [-0.1, -0.05) is 48.0 Å². The molecule has 0 saturated heterocycles. The van der Waals surface area contributed by atoms with Crippen molar-refractivity contribution < 1.29 is 9.21 Å². The third kappa shape index (κ3) is 4.46. The second kappa shape index (κ2) is 8.56. The Morgan fingerprint density at radius 1 is 1.06 bits per heavy atom. The molecular formula is C25H20N4O2. The van der Waals surface area contributed by atoms with Crippen molar-refractivity contribution in [3.8, 4) is 23.1 Å². The average Bonchev–Trinajstić information content (AvgIpc) is 3.39. The summed E-state index contributed by atoms with van der Waals surface area (Å²) in [5, 5.41) is 16.7. The van der Waals surface area contributed by atoms with Crippen molar-refractivity contribution >= 4 is 17.8 Å². The number of carbonyl (C=O) groups excluding carboxylic acids is 1. The zero-order valence-corrected chi connectivity index (χ0v) is 17.2. The topological polar surface area (TPSA) is 83.9 Å². The molecule has 0 aliphatic rings. The molecule has 0 unspecified atom stereocenters. The summed E-state index contributed by atoms with van der Waals surface area (Å²) in [5.74, 6) is 1.04. The molecule has 0 fully saturated rings. The lowest BCUT2D eigenvalue weighted by molar-refractivity contribution is -0.112. The lowest BCUT2D eigenvalue weighted by Gasteiger charge is -2.08. The molecule has 31 heavy (non-hydrogen) atoms. The van der Waals surface area contributed by atoms with Crippen LogP contribution in [0.2, 0.25) is 0 Å². The molecule has 0 saturated carbocycles. The molecule has 1 N–H and O–H groups in total. The summed E-state index contributed by atoms with van der Waals surface area (Å²) < 4.78 is 7.44. The molecule has 6 heteroatoms. The fourth-order valence-electron chi connectivity index (χ4n) is 3.13. The van der Waals surface area contributed by atoms with Gasteiger partial charge in [0.05, 0.1) is 11.4 Å². The van der Waals surface area contributed by atoms with Gasteiger partial charge in [0.25, 0.3) is 5.91 Å². The highest BCUT2D eigenvalue weighted by molar-refractivity contribution is 6.09. The van der Waals surface area contributed by atoms with Crippen molar-refractivity contribution in [2.24, 2.45) is 0 Å². The van der Waals surface area contributed by atoms with Crippen LogP contribution >= 0.6 is 0 Å². The van der Waals surface area contributed by atoms with Crippen LogP contribution in [-0.2, 0) is 4.79 Å². The minimum atomic E-state index is -0.534. The van der Waals surface area contributed by atoms with Gasteiger partial charge < -0.3 is 9.73 Å². The molecule has 4 rings (SSSR count). The quantitative estimate of drug-likeness (QED) is 0.359. The van der Waals surface area contributed by atoms with E-state index in [9.17, 15) is 10.1 Å². The first kappa shape index (κ1) is 19.9. The lowest BCUT2D eigenvalue weighted by Crippen LogP contribution is -2.16. The second-order valence-electron chi connectivity index (χ2n) is 7.11. The third-order valence-corrected chi connectivity index (χ3v) is 4.69. The summed E-state index contributed by atoms with van der Waals surface area (Å²) in [4.78, 5) is 12.8. The SMILES string of the molecule is Cc1ccc(-c2ccc(/C=C(/C#N)C(=O)Nc3cc(C)nn3-c3ccccc3)o2)cc1. The highest BCUT2D eigenvalue weighted by Crippen LogP contribution is 2.24. The maximum Gasteiger partial charge on any atom is 0.267 e. The van der Waals surface area contributed by atoms with E-state index in [2.05, 4.69) is 10.4 Å². The maximum absolute atomic E-state index is 12.8. The number of anilines is 1. The summed E-state index contributed by atoms with van der Waals surface area (Å²) in [6.07, 6.45) is 1.43. The van der Waals surface area contributed by atoms with Gasteiger partial charge in [-0.05, 0) is 38.1 Å². The van der Waals surface area contributed by atoms with Crippen LogP contribution in [0.25, 0.3) is 23.1 Å². The fraction of sp³-hybridized carbons (Fsp3) is 0.0800. The number of aryl methyl sites for hydroxylation is 2. The van der Waals surface area contributed by atoms with Gasteiger partial charge in [0, 0.05) is 17.7 Å². The Hall–Kier alpha value is -4.37. The van der Waals surface area contributed by atoms with Crippen molar-refractivity contribution in [1.82, 2.24) is 9.78 Å². The van der Waals surface area contributed by atoms with Crippen LogP contribution in [0.1, 0.15) is 17.0 Å². The Kier molecular flexibility index (Phi) is 5.50. The number of nitriles is 1. The molecule has 1 amide bonds. The van der Waals surface area contributed by atoms with Gasteiger partial charge in [-0.3, -0.25) is 4.79 Å². The molecule has 0 bridgehead atoms. The van der Waals surface area contributed by atoms with Crippen LogP contribution in [0.3, 0.4) is 0 Å². The molecule has 0 radical (unpaired) electrons. The van der Waals surface area contributed by atoms with E-state index in [-0.39, 0.29) is 5.57 Å². The normalized spacial score (nSPS) is 11.2. The van der Waals surface area contributed by atoms with Gasteiger partial charge in [-0.15, -0.1) is 0 Å². The fourth-order valence-corrected chi connectivity index (χ4v) is 3.13. The van der Waals surface area contributed by atoms with Crippen LogP contribution in [0.4, 0.5) is 5.82 Å². The van der Waals surface area contributed by atoms with E-state index < -0.39 is 5.91 Å². The number of nitrogens with zero attached hydrogens (tertiary/aromatic N) is 3. The minimum Gasteiger partial charge on any atom is -0.457 e. The standard InChI is InChI=1S/C25H20N4O2/c1-17-8-10-19(11-9-17)23-13-12-22(31-23)15-20(16-26)25(30)27-24-14-18(2)28-29(24)21-6-4-3-5-7-21/h3-15H,1-2H3,(H,27,30)/b20-15-. The van der Waals surface area contributed by atoms with Crippen LogP contribution in [0.5, 0.6) is 0 Å². The van der Waals surface area contributed by atoms with Crippen molar-refractivity contribution in [2.75, 3.05) is 5.32 Å². The summed E-state index contributed by atoms with van der Waals surface area (Å²) in [6.45, 7) is 3.86. The summed E-state index contributed by atoms with van der Waals surface area (Å²) >= 11 is 0. The monoisotopic (exact) mass is 408 g/mol. The van der Waals surface area contributed by atoms with Gasteiger partial charge in [-0.2, -0.15) is 10.4 Å². The molecule has 0 atom stereocenters. The zero-order chi connectivity index (χ0) is 21.8. The molecule has 0 aliphatic carbocycles. The first-order valence-corrected chi connectivity index (χ1v) is 9.75. The number of amides is 1. The highest BCUT2D eigenvalue weighted by Gasteiger charge is 2.15. The van der Waals surface area contributed by atoms with E-state index >= 15 is 0 Å². The number of furan rings is 1. The Labute approximate surface area is 180 Å². The number of rotatable bonds is 5. The summed E-state index contributed by atoms with van der Waals surface area (Å²) in [5.41, 5.74) is 3.57. The Bertz CT molecular complexity index is 1290. The number of carbonyl (C=O) groups is 1. The van der Waals surface area contributed by atoms with Crippen LogP contribution in [-0.4, -0.2) is 15.7 Å². The van der Waals surface area contributed by atoms with Crippen molar-refractivity contribution in [2.45, 2.75) is 13.8 Å². The number of para-hydroxylation sites is 1. The molecule has 152 valence electrons.